The zero-order valence-electron chi connectivity index (χ0n) is 11.8. The van der Waals surface area contributed by atoms with Gasteiger partial charge in [-0.1, -0.05) is 29.8 Å². The number of likely N-dealkylation sites (N-methyl/N-ethyl adjacent to an activating group) is 1. The second-order valence-electron chi connectivity index (χ2n) is 4.65. The lowest BCUT2D eigenvalue weighted by Gasteiger charge is -2.18. The van der Waals surface area contributed by atoms with Crippen LogP contribution in [0.2, 0.25) is 5.02 Å². The van der Waals surface area contributed by atoms with Crippen molar-refractivity contribution in [1.29, 1.82) is 0 Å². The summed E-state index contributed by atoms with van der Waals surface area (Å²) in [4.78, 5) is 0. The molecule has 1 unspecified atom stereocenters. The van der Waals surface area contributed by atoms with Crippen LogP contribution in [0.3, 0.4) is 0 Å². The molecule has 0 aromatic heterocycles. The van der Waals surface area contributed by atoms with Crippen molar-refractivity contribution in [3.8, 4) is 5.75 Å². The lowest BCUT2D eigenvalue weighted by molar-refractivity contribution is 0.385. The minimum absolute atomic E-state index is 0.0963. The normalized spacial score (nSPS) is 12.2. The molecule has 5 heteroatoms. The van der Waals surface area contributed by atoms with E-state index in [0.29, 0.717) is 12.0 Å². The van der Waals surface area contributed by atoms with Crippen LogP contribution in [0.15, 0.2) is 36.4 Å². The summed E-state index contributed by atoms with van der Waals surface area (Å²) in [5.41, 5.74) is 1.32. The second kappa shape index (κ2) is 6.87. The number of methoxy groups -OCH3 is 1. The van der Waals surface area contributed by atoms with Crippen molar-refractivity contribution in [2.24, 2.45) is 0 Å². The number of hydrogen-bond acceptors (Lipinski definition) is 2. The summed E-state index contributed by atoms with van der Waals surface area (Å²) in [6.07, 6.45) is 0.400. The van der Waals surface area contributed by atoms with E-state index in [2.05, 4.69) is 5.32 Å². The van der Waals surface area contributed by atoms with Gasteiger partial charge in [0.15, 0.2) is 11.6 Å². The monoisotopic (exact) mass is 311 g/mol. The van der Waals surface area contributed by atoms with Crippen LogP contribution in [0.25, 0.3) is 0 Å². The summed E-state index contributed by atoms with van der Waals surface area (Å²) in [6, 6.07) is 9.33. The van der Waals surface area contributed by atoms with Gasteiger partial charge in [0, 0.05) is 6.04 Å². The molecule has 0 amide bonds. The number of nitrogens with one attached hydrogen (secondary N) is 1. The Balaban J connectivity index is 2.30. The molecule has 21 heavy (non-hydrogen) atoms. The predicted molar refractivity (Wildman–Crippen MR) is 79.9 cm³/mol. The van der Waals surface area contributed by atoms with Gasteiger partial charge in [-0.3, -0.25) is 0 Å². The Morgan fingerprint density at radius 2 is 2.00 bits per heavy atom. The molecule has 0 bridgehead atoms. The highest BCUT2D eigenvalue weighted by Gasteiger charge is 2.16. The SMILES string of the molecule is CNC(Cc1cccc(Cl)c1F)c1ccc(F)c(OC)c1. The molecule has 2 rings (SSSR count). The van der Waals surface area contributed by atoms with Crippen LogP contribution in [0.5, 0.6) is 5.75 Å². The molecule has 0 fully saturated rings. The zero-order chi connectivity index (χ0) is 15.4. The molecule has 0 spiro atoms. The quantitative estimate of drug-likeness (QED) is 0.896. The molecule has 2 aromatic carbocycles. The summed E-state index contributed by atoms with van der Waals surface area (Å²) < 4.78 is 32.4. The molecular formula is C16H16ClF2NO. The van der Waals surface area contributed by atoms with Gasteiger partial charge in [-0.05, 0) is 42.8 Å². The summed E-state index contributed by atoms with van der Waals surface area (Å²) in [6.45, 7) is 0. The maximum Gasteiger partial charge on any atom is 0.165 e. The maximum absolute atomic E-state index is 14.0. The largest absolute Gasteiger partial charge is 0.494 e. The first-order valence-electron chi connectivity index (χ1n) is 6.50. The van der Waals surface area contributed by atoms with Crippen LogP contribution in [0.1, 0.15) is 17.2 Å². The van der Waals surface area contributed by atoms with Gasteiger partial charge in [0.1, 0.15) is 5.82 Å². The number of hydrogen-bond donors (Lipinski definition) is 1. The minimum Gasteiger partial charge on any atom is -0.494 e. The lowest BCUT2D eigenvalue weighted by atomic mass is 9.98. The molecular weight excluding hydrogens is 296 g/mol. The van der Waals surface area contributed by atoms with Gasteiger partial charge < -0.3 is 10.1 Å². The lowest BCUT2D eigenvalue weighted by Crippen LogP contribution is -2.19. The van der Waals surface area contributed by atoms with Crippen molar-refractivity contribution in [2.45, 2.75) is 12.5 Å². The van der Waals surface area contributed by atoms with Gasteiger partial charge in [0.2, 0.25) is 0 Å². The number of ether oxygens (including phenoxy) is 1. The van der Waals surface area contributed by atoms with E-state index in [0.717, 1.165) is 5.56 Å². The molecule has 1 N–H and O–H groups in total. The summed E-state index contributed by atoms with van der Waals surface area (Å²) in [5.74, 6) is -0.683. The molecule has 0 aliphatic rings. The molecule has 0 heterocycles. The van der Waals surface area contributed by atoms with Crippen molar-refractivity contribution in [1.82, 2.24) is 5.32 Å². The Hall–Kier alpha value is -1.65. The van der Waals surface area contributed by atoms with E-state index < -0.39 is 11.6 Å². The van der Waals surface area contributed by atoms with Gasteiger partial charge in [-0.15, -0.1) is 0 Å². The van der Waals surface area contributed by atoms with Gasteiger partial charge >= 0.3 is 0 Å². The third kappa shape index (κ3) is 3.52. The Morgan fingerprint density at radius 3 is 2.67 bits per heavy atom. The van der Waals surface area contributed by atoms with Crippen molar-refractivity contribution in [2.75, 3.05) is 14.2 Å². The molecule has 0 saturated heterocycles. The fourth-order valence-electron chi connectivity index (χ4n) is 2.21. The standard InChI is InChI=1S/C16H16ClF2NO/c1-20-14(8-11-4-3-5-12(17)16(11)19)10-6-7-13(18)15(9-10)21-2/h3-7,9,14,20H,8H2,1-2H3. The first-order chi connectivity index (χ1) is 10.1. The Kier molecular flexibility index (Phi) is 5.15. The highest BCUT2D eigenvalue weighted by atomic mass is 35.5. The van der Waals surface area contributed by atoms with E-state index >= 15 is 0 Å². The first-order valence-corrected chi connectivity index (χ1v) is 6.88. The van der Waals surface area contributed by atoms with Crippen LogP contribution in [0.4, 0.5) is 8.78 Å². The average molecular weight is 312 g/mol. The smallest absolute Gasteiger partial charge is 0.165 e. The average Bonchev–Trinajstić information content (AvgIpc) is 2.49. The first kappa shape index (κ1) is 15.7. The fraction of sp³-hybridized carbons (Fsp3) is 0.250. The van der Waals surface area contributed by atoms with E-state index in [-0.39, 0.29) is 16.8 Å². The van der Waals surface area contributed by atoms with Gasteiger partial charge in [0.05, 0.1) is 12.1 Å². The van der Waals surface area contributed by atoms with Crippen molar-refractivity contribution < 1.29 is 13.5 Å². The maximum atomic E-state index is 14.0. The highest BCUT2D eigenvalue weighted by Crippen LogP contribution is 2.27. The van der Waals surface area contributed by atoms with Crippen LogP contribution < -0.4 is 10.1 Å². The predicted octanol–water partition coefficient (Wildman–Crippen LogP) is 4.13. The van der Waals surface area contributed by atoms with E-state index in [1.54, 1.807) is 31.3 Å². The Morgan fingerprint density at radius 1 is 1.24 bits per heavy atom. The summed E-state index contributed by atoms with van der Waals surface area (Å²) >= 11 is 5.79. The van der Waals surface area contributed by atoms with Crippen molar-refractivity contribution in [3.63, 3.8) is 0 Å². The number of benzene rings is 2. The zero-order valence-corrected chi connectivity index (χ0v) is 12.5. The van der Waals surface area contributed by atoms with E-state index in [1.165, 1.54) is 19.2 Å². The molecule has 2 aromatic rings. The number of halogens is 3. The summed E-state index contributed by atoms with van der Waals surface area (Å²) in [7, 11) is 3.18. The second-order valence-corrected chi connectivity index (χ2v) is 5.06. The summed E-state index contributed by atoms with van der Waals surface area (Å²) in [5, 5.41) is 3.19. The fourth-order valence-corrected chi connectivity index (χ4v) is 2.40. The van der Waals surface area contributed by atoms with E-state index in [9.17, 15) is 8.78 Å². The molecule has 1 atom stereocenters. The number of rotatable bonds is 5. The van der Waals surface area contributed by atoms with Gasteiger partial charge in [-0.2, -0.15) is 0 Å². The molecule has 112 valence electrons. The Labute approximate surface area is 127 Å². The highest BCUT2D eigenvalue weighted by molar-refractivity contribution is 6.30. The van der Waals surface area contributed by atoms with E-state index in [1.807, 2.05) is 0 Å². The molecule has 0 saturated carbocycles. The van der Waals surface area contributed by atoms with Gasteiger partial charge in [0.25, 0.3) is 0 Å². The van der Waals surface area contributed by atoms with Crippen molar-refractivity contribution in [3.05, 3.63) is 64.2 Å². The van der Waals surface area contributed by atoms with Crippen LogP contribution in [0, 0.1) is 11.6 Å². The van der Waals surface area contributed by atoms with E-state index in [4.69, 9.17) is 16.3 Å². The molecule has 0 aliphatic carbocycles. The molecule has 0 radical (unpaired) electrons. The third-order valence-corrected chi connectivity index (χ3v) is 3.67. The molecule has 0 aliphatic heterocycles. The molecule has 2 nitrogen and oxygen atoms in total. The van der Waals surface area contributed by atoms with Crippen LogP contribution in [-0.2, 0) is 6.42 Å². The topological polar surface area (TPSA) is 21.3 Å². The van der Waals surface area contributed by atoms with Crippen LogP contribution >= 0.6 is 11.6 Å². The Bertz CT molecular complexity index is 634. The van der Waals surface area contributed by atoms with Gasteiger partial charge in [-0.25, -0.2) is 8.78 Å². The third-order valence-electron chi connectivity index (χ3n) is 3.38. The van der Waals surface area contributed by atoms with Crippen molar-refractivity contribution >= 4 is 11.6 Å². The van der Waals surface area contributed by atoms with Crippen LogP contribution in [-0.4, -0.2) is 14.2 Å². The minimum atomic E-state index is -0.426.